The molecule has 4 nitrogen and oxygen atoms in total. The van der Waals surface area contributed by atoms with Crippen LogP contribution in [0.1, 0.15) is 46.5 Å². The summed E-state index contributed by atoms with van der Waals surface area (Å²) < 4.78 is 16.0. The van der Waals surface area contributed by atoms with Crippen LogP contribution < -0.4 is 5.73 Å². The zero-order valence-corrected chi connectivity index (χ0v) is 14.4. The third-order valence-electron chi connectivity index (χ3n) is 4.70. The molecule has 0 aliphatic heterocycles. The lowest BCUT2D eigenvalue weighted by Gasteiger charge is -2.40. The minimum atomic E-state index is 0.352. The van der Waals surface area contributed by atoms with E-state index in [1.807, 2.05) is 0 Å². The Hall–Kier alpha value is -0.160. The molecular weight excluding hydrogens is 266 g/mol. The van der Waals surface area contributed by atoms with Gasteiger partial charge in [-0.1, -0.05) is 20.8 Å². The van der Waals surface area contributed by atoms with Gasteiger partial charge in [-0.3, -0.25) is 0 Å². The Bertz CT molecular complexity index is 265. The maximum Gasteiger partial charge on any atom is 0.0701 e. The molecule has 1 aliphatic carbocycles. The van der Waals surface area contributed by atoms with E-state index >= 15 is 0 Å². The lowest BCUT2D eigenvalue weighted by Crippen LogP contribution is -2.40. The minimum Gasteiger partial charge on any atom is -0.382 e. The van der Waals surface area contributed by atoms with Crippen molar-refractivity contribution in [2.24, 2.45) is 23.0 Å². The zero-order chi connectivity index (χ0) is 15.7. The molecule has 4 heteroatoms. The van der Waals surface area contributed by atoms with Gasteiger partial charge in [0.05, 0.1) is 26.4 Å². The molecule has 0 aromatic carbocycles. The largest absolute Gasteiger partial charge is 0.382 e. The molecule has 3 unspecified atom stereocenters. The maximum atomic E-state index is 6.29. The van der Waals surface area contributed by atoms with Gasteiger partial charge in [0, 0.05) is 19.8 Å². The third kappa shape index (κ3) is 7.59. The van der Waals surface area contributed by atoms with Gasteiger partial charge in [0.15, 0.2) is 0 Å². The number of rotatable bonds is 9. The first-order valence-electron chi connectivity index (χ1n) is 8.35. The second-order valence-electron chi connectivity index (χ2n) is 7.31. The van der Waals surface area contributed by atoms with Crippen molar-refractivity contribution in [1.82, 2.24) is 0 Å². The molecule has 2 N–H and O–H groups in total. The highest BCUT2D eigenvalue weighted by Crippen LogP contribution is 2.40. The van der Waals surface area contributed by atoms with Gasteiger partial charge in [-0.25, -0.2) is 0 Å². The van der Waals surface area contributed by atoms with Crippen LogP contribution in [0.4, 0.5) is 0 Å². The Kier molecular flexibility index (Phi) is 8.79. The van der Waals surface area contributed by atoms with Gasteiger partial charge < -0.3 is 19.9 Å². The van der Waals surface area contributed by atoms with Crippen molar-refractivity contribution in [1.29, 1.82) is 0 Å². The average molecular weight is 301 g/mol. The molecule has 1 fully saturated rings. The fourth-order valence-corrected chi connectivity index (χ4v) is 3.10. The zero-order valence-electron chi connectivity index (χ0n) is 14.4. The second kappa shape index (κ2) is 9.78. The summed E-state index contributed by atoms with van der Waals surface area (Å²) >= 11 is 0. The van der Waals surface area contributed by atoms with E-state index in [-0.39, 0.29) is 0 Å². The van der Waals surface area contributed by atoms with Gasteiger partial charge in [-0.2, -0.15) is 0 Å². The highest BCUT2D eigenvalue weighted by Gasteiger charge is 2.33. The van der Waals surface area contributed by atoms with Crippen molar-refractivity contribution in [3.05, 3.63) is 0 Å². The van der Waals surface area contributed by atoms with E-state index in [9.17, 15) is 0 Å². The van der Waals surface area contributed by atoms with Crippen LogP contribution in [-0.2, 0) is 14.2 Å². The van der Waals surface area contributed by atoms with Crippen molar-refractivity contribution in [2.75, 3.05) is 40.1 Å². The molecular formula is C17H35NO3. The summed E-state index contributed by atoms with van der Waals surface area (Å²) in [7, 11) is 1.68. The van der Waals surface area contributed by atoms with E-state index in [2.05, 4.69) is 20.8 Å². The lowest BCUT2D eigenvalue weighted by atomic mass is 9.67. The number of methoxy groups -OCH3 is 1. The van der Waals surface area contributed by atoms with Crippen molar-refractivity contribution in [3.8, 4) is 0 Å². The van der Waals surface area contributed by atoms with Gasteiger partial charge >= 0.3 is 0 Å². The number of hydrogen-bond acceptors (Lipinski definition) is 4. The van der Waals surface area contributed by atoms with E-state index < -0.39 is 0 Å². The van der Waals surface area contributed by atoms with Crippen LogP contribution in [0.15, 0.2) is 0 Å². The predicted molar refractivity (Wildman–Crippen MR) is 86.4 cm³/mol. The van der Waals surface area contributed by atoms with Crippen LogP contribution in [0.25, 0.3) is 0 Å². The Balaban J connectivity index is 2.12. The van der Waals surface area contributed by atoms with Crippen LogP contribution in [0, 0.1) is 17.3 Å². The first-order chi connectivity index (χ1) is 9.95. The molecule has 0 radical (unpaired) electrons. The number of ether oxygens (including phenoxy) is 3. The monoisotopic (exact) mass is 301 g/mol. The fourth-order valence-electron chi connectivity index (χ4n) is 3.10. The van der Waals surface area contributed by atoms with E-state index in [0.717, 1.165) is 25.4 Å². The topological polar surface area (TPSA) is 53.7 Å². The molecule has 0 bridgehead atoms. The Morgan fingerprint density at radius 2 is 1.57 bits per heavy atom. The summed E-state index contributed by atoms with van der Waals surface area (Å²) in [6, 6.07) is 0.352. The first kappa shape index (κ1) is 18.9. The molecule has 1 rings (SSSR count). The molecule has 0 spiro atoms. The molecule has 3 atom stereocenters. The second-order valence-corrected chi connectivity index (χ2v) is 7.31. The summed E-state index contributed by atoms with van der Waals surface area (Å²) in [4.78, 5) is 0. The third-order valence-corrected chi connectivity index (χ3v) is 4.70. The Labute approximate surface area is 130 Å². The molecule has 0 aromatic rings. The van der Waals surface area contributed by atoms with E-state index in [4.69, 9.17) is 19.9 Å². The SMILES string of the molecule is COCCOCCOCCC1CC(C(C)(C)C)CCC1N. The highest BCUT2D eigenvalue weighted by molar-refractivity contribution is 4.87. The van der Waals surface area contributed by atoms with Crippen LogP contribution in [-0.4, -0.2) is 46.2 Å². The Morgan fingerprint density at radius 3 is 2.19 bits per heavy atom. The Morgan fingerprint density at radius 1 is 0.952 bits per heavy atom. The van der Waals surface area contributed by atoms with Gasteiger partial charge in [0.2, 0.25) is 0 Å². The molecule has 1 saturated carbocycles. The maximum absolute atomic E-state index is 6.29. The molecule has 0 amide bonds. The minimum absolute atomic E-state index is 0.352. The van der Waals surface area contributed by atoms with Gasteiger partial charge in [0.25, 0.3) is 0 Å². The average Bonchev–Trinajstić information content (AvgIpc) is 2.42. The molecule has 0 saturated heterocycles. The van der Waals surface area contributed by atoms with Gasteiger partial charge in [-0.05, 0) is 42.9 Å². The van der Waals surface area contributed by atoms with Gasteiger partial charge in [0.1, 0.15) is 0 Å². The van der Waals surface area contributed by atoms with Crippen molar-refractivity contribution < 1.29 is 14.2 Å². The molecule has 21 heavy (non-hydrogen) atoms. The van der Waals surface area contributed by atoms with E-state index in [0.29, 0.717) is 43.8 Å². The summed E-state index contributed by atoms with van der Waals surface area (Å²) in [6.45, 7) is 10.4. The summed E-state index contributed by atoms with van der Waals surface area (Å²) in [5.41, 5.74) is 6.68. The van der Waals surface area contributed by atoms with Gasteiger partial charge in [-0.15, -0.1) is 0 Å². The highest BCUT2D eigenvalue weighted by atomic mass is 16.5. The van der Waals surface area contributed by atoms with Crippen LogP contribution in [0.3, 0.4) is 0 Å². The number of nitrogens with two attached hydrogens (primary N) is 1. The molecule has 0 heterocycles. The lowest BCUT2D eigenvalue weighted by molar-refractivity contribution is 0.0173. The van der Waals surface area contributed by atoms with Crippen molar-refractivity contribution in [3.63, 3.8) is 0 Å². The van der Waals surface area contributed by atoms with Crippen molar-refractivity contribution >= 4 is 0 Å². The molecule has 1 aliphatic rings. The molecule has 0 aromatic heterocycles. The summed E-state index contributed by atoms with van der Waals surface area (Å²) in [5.74, 6) is 1.40. The smallest absolute Gasteiger partial charge is 0.0701 e. The quantitative estimate of drug-likeness (QED) is 0.665. The van der Waals surface area contributed by atoms with Crippen LogP contribution >= 0.6 is 0 Å². The van der Waals surface area contributed by atoms with Crippen LogP contribution in [0.5, 0.6) is 0 Å². The first-order valence-corrected chi connectivity index (χ1v) is 8.35. The molecule has 126 valence electrons. The van der Waals surface area contributed by atoms with E-state index in [1.165, 1.54) is 12.8 Å². The number of hydrogen-bond donors (Lipinski definition) is 1. The van der Waals surface area contributed by atoms with E-state index in [1.54, 1.807) is 7.11 Å². The van der Waals surface area contributed by atoms with Crippen molar-refractivity contribution in [2.45, 2.75) is 52.5 Å². The normalized spacial score (nSPS) is 27.0. The fraction of sp³-hybridized carbons (Fsp3) is 1.00. The predicted octanol–water partition coefficient (Wildman–Crippen LogP) is 2.85. The summed E-state index contributed by atoms with van der Waals surface area (Å²) in [5, 5.41) is 0. The standard InChI is InChI=1S/C17H35NO3/c1-17(2,3)15-5-6-16(18)14(13-15)7-8-20-11-12-21-10-9-19-4/h14-16H,5-13,18H2,1-4H3. The van der Waals surface area contributed by atoms with Crippen LogP contribution in [0.2, 0.25) is 0 Å². The summed E-state index contributed by atoms with van der Waals surface area (Å²) in [6.07, 6.45) is 4.76.